The third-order valence-corrected chi connectivity index (χ3v) is 6.64. The summed E-state index contributed by atoms with van der Waals surface area (Å²) in [6.45, 7) is 9.27. The average molecular weight is 503 g/mol. The number of hydrogen-bond donors (Lipinski definition) is 1. The van der Waals surface area contributed by atoms with E-state index in [4.69, 9.17) is 14.5 Å². The standard InChI is InChI=1S/C27H34N8O2/c1-19(2)20-12-27(33-29-14-20)32-26-6-5-24-25(31-26)11-21(13-28-24)22-15-30-35(16-22)8-4-7-34-9-10-37-18-23(34)17-36-3/h5-6,11-16,19,23H,4,7-10,17-18H2,1-3H3,(H,31,32,33). The second kappa shape index (κ2) is 11.7. The van der Waals surface area contributed by atoms with Gasteiger partial charge in [-0.15, -0.1) is 5.10 Å². The van der Waals surface area contributed by atoms with E-state index in [1.807, 2.05) is 41.3 Å². The zero-order chi connectivity index (χ0) is 25.6. The van der Waals surface area contributed by atoms with Crippen molar-refractivity contribution in [2.24, 2.45) is 0 Å². The fourth-order valence-electron chi connectivity index (χ4n) is 4.52. The molecule has 0 spiro atoms. The Morgan fingerprint density at radius 3 is 2.86 bits per heavy atom. The van der Waals surface area contributed by atoms with E-state index in [2.05, 4.69) is 50.5 Å². The minimum Gasteiger partial charge on any atom is -0.383 e. The maximum Gasteiger partial charge on any atom is 0.154 e. The molecule has 10 heteroatoms. The molecule has 37 heavy (non-hydrogen) atoms. The predicted molar refractivity (Wildman–Crippen MR) is 143 cm³/mol. The summed E-state index contributed by atoms with van der Waals surface area (Å²) in [5, 5.41) is 16.1. The molecule has 1 aliphatic heterocycles. The zero-order valence-corrected chi connectivity index (χ0v) is 21.7. The number of morpholine rings is 1. The van der Waals surface area contributed by atoms with Crippen molar-refractivity contribution in [2.45, 2.75) is 38.8 Å². The van der Waals surface area contributed by atoms with Crippen LogP contribution in [0.25, 0.3) is 22.2 Å². The third kappa shape index (κ3) is 6.27. The molecule has 0 aromatic carbocycles. The van der Waals surface area contributed by atoms with Crippen LogP contribution < -0.4 is 5.32 Å². The molecule has 194 valence electrons. The molecule has 5 heterocycles. The van der Waals surface area contributed by atoms with Gasteiger partial charge in [-0.25, -0.2) is 4.98 Å². The Morgan fingerprint density at radius 2 is 2.00 bits per heavy atom. The van der Waals surface area contributed by atoms with Gasteiger partial charge in [0.2, 0.25) is 0 Å². The van der Waals surface area contributed by atoms with E-state index in [0.717, 1.165) is 67.0 Å². The SMILES string of the molecule is COCC1COCCN1CCCn1cc(-c2cnc3ccc(Nc4cc(C(C)C)cnn4)nc3c2)cn1. The van der Waals surface area contributed by atoms with E-state index in [-0.39, 0.29) is 0 Å². The molecular formula is C27H34N8O2. The second-order valence-electron chi connectivity index (χ2n) is 9.68. The Balaban J connectivity index is 1.24. The summed E-state index contributed by atoms with van der Waals surface area (Å²) >= 11 is 0. The molecule has 10 nitrogen and oxygen atoms in total. The van der Waals surface area contributed by atoms with E-state index < -0.39 is 0 Å². The molecule has 5 rings (SSSR count). The van der Waals surface area contributed by atoms with Crippen molar-refractivity contribution in [2.75, 3.05) is 45.3 Å². The molecule has 0 amide bonds. The summed E-state index contributed by atoms with van der Waals surface area (Å²) in [5.74, 6) is 1.75. The highest BCUT2D eigenvalue weighted by Gasteiger charge is 2.22. The van der Waals surface area contributed by atoms with Crippen molar-refractivity contribution in [3.8, 4) is 11.1 Å². The monoisotopic (exact) mass is 502 g/mol. The van der Waals surface area contributed by atoms with Crippen LogP contribution in [0.15, 0.2) is 49.1 Å². The molecule has 4 aromatic heterocycles. The summed E-state index contributed by atoms with van der Waals surface area (Å²) in [4.78, 5) is 11.8. The predicted octanol–water partition coefficient (Wildman–Crippen LogP) is 3.89. The van der Waals surface area contributed by atoms with E-state index >= 15 is 0 Å². The third-order valence-electron chi connectivity index (χ3n) is 6.64. The van der Waals surface area contributed by atoms with Gasteiger partial charge in [-0.2, -0.15) is 10.2 Å². The maximum absolute atomic E-state index is 5.60. The Morgan fingerprint density at radius 1 is 1.08 bits per heavy atom. The number of anilines is 2. The van der Waals surface area contributed by atoms with Gasteiger partial charge < -0.3 is 14.8 Å². The minimum absolute atomic E-state index is 0.327. The van der Waals surface area contributed by atoms with E-state index in [1.165, 1.54) is 0 Å². The van der Waals surface area contributed by atoms with Crippen molar-refractivity contribution in [3.63, 3.8) is 0 Å². The molecule has 1 aliphatic rings. The van der Waals surface area contributed by atoms with Gasteiger partial charge in [0, 0.05) is 50.3 Å². The Hall–Kier alpha value is -3.47. The van der Waals surface area contributed by atoms with Crippen LogP contribution in [0.4, 0.5) is 11.6 Å². The number of aryl methyl sites for hydroxylation is 1. The van der Waals surface area contributed by atoms with Crippen molar-refractivity contribution in [1.82, 2.24) is 34.8 Å². The Labute approximate surface area is 217 Å². The van der Waals surface area contributed by atoms with Gasteiger partial charge in [0.1, 0.15) is 5.82 Å². The number of ether oxygens (including phenoxy) is 2. The van der Waals surface area contributed by atoms with Gasteiger partial charge in [0.25, 0.3) is 0 Å². The van der Waals surface area contributed by atoms with Gasteiger partial charge >= 0.3 is 0 Å². The maximum atomic E-state index is 5.60. The number of nitrogens with one attached hydrogen (secondary N) is 1. The number of rotatable bonds is 10. The summed E-state index contributed by atoms with van der Waals surface area (Å²) in [6, 6.07) is 8.24. The summed E-state index contributed by atoms with van der Waals surface area (Å²) in [6.07, 6.45) is 8.64. The molecule has 1 saturated heterocycles. The van der Waals surface area contributed by atoms with Crippen molar-refractivity contribution in [1.29, 1.82) is 0 Å². The van der Waals surface area contributed by atoms with Gasteiger partial charge in [-0.1, -0.05) is 13.8 Å². The van der Waals surface area contributed by atoms with Crippen LogP contribution in [-0.2, 0) is 16.0 Å². The molecule has 1 fully saturated rings. The summed E-state index contributed by atoms with van der Waals surface area (Å²) < 4.78 is 12.9. The molecule has 0 saturated carbocycles. The first-order valence-corrected chi connectivity index (χ1v) is 12.8. The van der Waals surface area contributed by atoms with Crippen LogP contribution in [0.5, 0.6) is 0 Å². The molecule has 1 atom stereocenters. The quantitative estimate of drug-likeness (QED) is 0.346. The molecular weight excluding hydrogens is 468 g/mol. The molecule has 1 unspecified atom stereocenters. The second-order valence-corrected chi connectivity index (χ2v) is 9.68. The number of pyridine rings is 2. The van der Waals surface area contributed by atoms with Gasteiger partial charge in [-0.3, -0.25) is 14.6 Å². The minimum atomic E-state index is 0.327. The topological polar surface area (TPSA) is 103 Å². The van der Waals surface area contributed by atoms with Crippen molar-refractivity contribution in [3.05, 3.63) is 54.6 Å². The van der Waals surface area contributed by atoms with Crippen molar-refractivity contribution >= 4 is 22.7 Å². The highest BCUT2D eigenvalue weighted by molar-refractivity contribution is 5.81. The highest BCUT2D eigenvalue weighted by Crippen LogP contribution is 2.24. The first-order valence-electron chi connectivity index (χ1n) is 12.8. The van der Waals surface area contributed by atoms with Crippen LogP contribution >= 0.6 is 0 Å². The van der Waals surface area contributed by atoms with Crippen LogP contribution in [0.1, 0.15) is 31.7 Å². The van der Waals surface area contributed by atoms with Crippen molar-refractivity contribution < 1.29 is 9.47 Å². The van der Waals surface area contributed by atoms with Gasteiger partial charge in [0.15, 0.2) is 5.82 Å². The van der Waals surface area contributed by atoms with E-state index in [1.54, 1.807) is 13.3 Å². The summed E-state index contributed by atoms with van der Waals surface area (Å²) in [5.41, 5.74) is 4.77. The Bertz CT molecular complexity index is 1320. The number of aromatic nitrogens is 6. The normalized spacial score (nSPS) is 16.5. The lowest BCUT2D eigenvalue weighted by molar-refractivity contribution is -0.0356. The van der Waals surface area contributed by atoms with Gasteiger partial charge in [-0.05, 0) is 42.2 Å². The molecule has 0 bridgehead atoms. The lowest BCUT2D eigenvalue weighted by Gasteiger charge is -2.35. The zero-order valence-electron chi connectivity index (χ0n) is 21.7. The first kappa shape index (κ1) is 25.2. The average Bonchev–Trinajstić information content (AvgIpc) is 3.38. The fourth-order valence-corrected chi connectivity index (χ4v) is 4.52. The lowest BCUT2D eigenvalue weighted by atomic mass is 10.1. The molecule has 0 aliphatic carbocycles. The fraction of sp³-hybridized carbons (Fsp3) is 0.444. The smallest absolute Gasteiger partial charge is 0.154 e. The molecule has 4 aromatic rings. The number of nitrogens with zero attached hydrogens (tertiary/aromatic N) is 7. The van der Waals surface area contributed by atoms with Crippen LogP contribution in [0, 0.1) is 0 Å². The van der Waals surface area contributed by atoms with Gasteiger partial charge in [0.05, 0.1) is 49.3 Å². The van der Waals surface area contributed by atoms with Crippen LogP contribution in [0.2, 0.25) is 0 Å². The number of fused-ring (bicyclic) bond motifs is 1. The largest absolute Gasteiger partial charge is 0.383 e. The number of methoxy groups -OCH3 is 1. The Kier molecular flexibility index (Phi) is 7.98. The number of hydrogen-bond acceptors (Lipinski definition) is 9. The van der Waals surface area contributed by atoms with Crippen LogP contribution in [-0.4, -0.2) is 80.9 Å². The summed E-state index contributed by atoms with van der Waals surface area (Å²) in [7, 11) is 1.74. The van der Waals surface area contributed by atoms with Crippen LogP contribution in [0.3, 0.4) is 0 Å². The van der Waals surface area contributed by atoms with E-state index in [0.29, 0.717) is 30.2 Å². The lowest BCUT2D eigenvalue weighted by Crippen LogP contribution is -2.48. The molecule has 1 N–H and O–H groups in total. The molecule has 0 radical (unpaired) electrons. The highest BCUT2D eigenvalue weighted by atomic mass is 16.5. The van der Waals surface area contributed by atoms with E-state index in [9.17, 15) is 0 Å². The first-order chi connectivity index (χ1) is 18.1.